The van der Waals surface area contributed by atoms with Gasteiger partial charge in [-0.05, 0) is 18.9 Å². The Bertz CT molecular complexity index is 574. The molecule has 4 nitrogen and oxygen atoms in total. The Hall–Kier alpha value is -2.62. The predicted molar refractivity (Wildman–Crippen MR) is 89.0 cm³/mol. The standard InChI is InChI=1S/C18H22N2O2/c1-3-4-5-7-10-14(2)18(22)20-16(17(19)21)13-15-11-8-6-9-12-15/h3,5-12,16H,1,4,13H2,2H3,(H2,19,21)(H,20,22)/b7-5-,14-10+. The fourth-order valence-electron chi connectivity index (χ4n) is 1.81. The number of hydrogen-bond acceptors (Lipinski definition) is 2. The third kappa shape index (κ3) is 6.22. The molecule has 3 N–H and O–H groups in total. The highest BCUT2D eigenvalue weighted by Gasteiger charge is 2.18. The maximum absolute atomic E-state index is 12.1. The van der Waals surface area contributed by atoms with Crippen LogP contribution in [0, 0.1) is 0 Å². The van der Waals surface area contributed by atoms with E-state index < -0.39 is 11.9 Å². The van der Waals surface area contributed by atoms with E-state index >= 15 is 0 Å². The summed E-state index contributed by atoms with van der Waals surface area (Å²) in [6.45, 7) is 5.30. The molecule has 0 fully saturated rings. The number of nitrogens with one attached hydrogen (secondary N) is 1. The zero-order valence-corrected chi connectivity index (χ0v) is 12.8. The maximum atomic E-state index is 12.1. The van der Waals surface area contributed by atoms with E-state index in [2.05, 4.69) is 11.9 Å². The lowest BCUT2D eigenvalue weighted by Gasteiger charge is -2.15. The van der Waals surface area contributed by atoms with Gasteiger partial charge < -0.3 is 11.1 Å². The smallest absolute Gasteiger partial charge is 0.247 e. The van der Waals surface area contributed by atoms with Crippen LogP contribution in [0.2, 0.25) is 0 Å². The molecule has 116 valence electrons. The highest BCUT2D eigenvalue weighted by molar-refractivity contribution is 5.96. The molecule has 0 aliphatic heterocycles. The van der Waals surface area contributed by atoms with Gasteiger partial charge in [0.1, 0.15) is 6.04 Å². The molecule has 0 saturated carbocycles. The van der Waals surface area contributed by atoms with Gasteiger partial charge in [-0.1, -0.05) is 54.6 Å². The molecule has 1 aromatic carbocycles. The second-order valence-corrected chi connectivity index (χ2v) is 4.92. The molecule has 1 rings (SSSR count). The molecular weight excluding hydrogens is 276 g/mol. The van der Waals surface area contributed by atoms with Crippen molar-refractivity contribution in [3.05, 3.63) is 72.4 Å². The van der Waals surface area contributed by atoms with Crippen LogP contribution >= 0.6 is 0 Å². The quantitative estimate of drug-likeness (QED) is 0.439. The number of carbonyl (C=O) groups excluding carboxylic acids is 2. The average Bonchev–Trinajstić information content (AvgIpc) is 2.51. The number of primary amides is 1. The third-order valence-corrected chi connectivity index (χ3v) is 3.07. The van der Waals surface area contributed by atoms with Crippen molar-refractivity contribution in [3.63, 3.8) is 0 Å². The first-order valence-electron chi connectivity index (χ1n) is 7.13. The largest absolute Gasteiger partial charge is 0.368 e. The summed E-state index contributed by atoms with van der Waals surface area (Å²) >= 11 is 0. The van der Waals surface area contributed by atoms with Crippen LogP contribution in [0.25, 0.3) is 0 Å². The Morgan fingerprint density at radius 2 is 2.00 bits per heavy atom. The summed E-state index contributed by atoms with van der Waals surface area (Å²) in [7, 11) is 0. The zero-order valence-electron chi connectivity index (χ0n) is 12.8. The van der Waals surface area contributed by atoms with Crippen LogP contribution in [-0.2, 0) is 16.0 Å². The summed E-state index contributed by atoms with van der Waals surface area (Å²) in [6.07, 6.45) is 8.25. The van der Waals surface area contributed by atoms with Gasteiger partial charge in [0, 0.05) is 12.0 Å². The van der Waals surface area contributed by atoms with Gasteiger partial charge in [-0.3, -0.25) is 9.59 Å². The van der Waals surface area contributed by atoms with E-state index in [-0.39, 0.29) is 5.91 Å². The van der Waals surface area contributed by atoms with E-state index in [1.165, 1.54) is 0 Å². The first kappa shape index (κ1) is 17.4. The van der Waals surface area contributed by atoms with Gasteiger partial charge in [0.2, 0.25) is 11.8 Å². The fourth-order valence-corrected chi connectivity index (χ4v) is 1.81. The number of nitrogens with two attached hydrogens (primary N) is 1. The summed E-state index contributed by atoms with van der Waals surface area (Å²) in [4.78, 5) is 23.6. The molecule has 0 radical (unpaired) electrons. The Kier molecular flexibility index (Phi) is 7.40. The van der Waals surface area contributed by atoms with Gasteiger partial charge in [-0.25, -0.2) is 0 Å². The van der Waals surface area contributed by atoms with E-state index in [0.717, 1.165) is 12.0 Å². The molecule has 2 amide bonds. The fraction of sp³-hybridized carbons (Fsp3) is 0.222. The summed E-state index contributed by atoms with van der Waals surface area (Å²) in [5.41, 5.74) is 6.83. The molecule has 0 aliphatic carbocycles. The van der Waals surface area contributed by atoms with E-state index in [9.17, 15) is 9.59 Å². The Morgan fingerprint density at radius 1 is 1.32 bits per heavy atom. The molecule has 0 saturated heterocycles. The van der Waals surface area contributed by atoms with Gasteiger partial charge in [0.15, 0.2) is 0 Å². The number of hydrogen-bond donors (Lipinski definition) is 2. The molecule has 1 atom stereocenters. The number of carbonyl (C=O) groups is 2. The summed E-state index contributed by atoms with van der Waals surface area (Å²) < 4.78 is 0. The topological polar surface area (TPSA) is 72.2 Å². The van der Waals surface area contributed by atoms with E-state index in [1.807, 2.05) is 36.4 Å². The molecule has 22 heavy (non-hydrogen) atoms. The Labute approximate surface area is 131 Å². The average molecular weight is 298 g/mol. The van der Waals surface area contributed by atoms with Crippen LogP contribution in [0.3, 0.4) is 0 Å². The van der Waals surface area contributed by atoms with E-state index in [4.69, 9.17) is 5.73 Å². The molecule has 0 bridgehead atoms. The van der Waals surface area contributed by atoms with Gasteiger partial charge in [0.25, 0.3) is 0 Å². The van der Waals surface area contributed by atoms with Crippen LogP contribution in [0.4, 0.5) is 0 Å². The minimum Gasteiger partial charge on any atom is -0.368 e. The molecule has 1 aromatic rings. The summed E-state index contributed by atoms with van der Waals surface area (Å²) in [5.74, 6) is -0.852. The van der Waals surface area contributed by atoms with Gasteiger partial charge in [-0.15, -0.1) is 6.58 Å². The highest BCUT2D eigenvalue weighted by Crippen LogP contribution is 2.04. The van der Waals surface area contributed by atoms with Crippen LogP contribution in [0.15, 0.2) is 66.8 Å². The van der Waals surface area contributed by atoms with E-state index in [1.54, 1.807) is 25.2 Å². The second kappa shape index (κ2) is 9.34. The minimum atomic E-state index is -0.726. The molecule has 0 spiro atoms. The summed E-state index contributed by atoms with van der Waals surface area (Å²) in [5, 5.41) is 2.67. The first-order chi connectivity index (χ1) is 10.5. The second-order valence-electron chi connectivity index (χ2n) is 4.92. The van der Waals surface area contributed by atoms with Crippen LogP contribution < -0.4 is 11.1 Å². The molecule has 4 heteroatoms. The summed E-state index contributed by atoms with van der Waals surface area (Å²) in [6, 6.07) is 8.71. The van der Waals surface area contributed by atoms with Crippen molar-refractivity contribution < 1.29 is 9.59 Å². The number of benzene rings is 1. The normalized spacial score (nSPS) is 12.9. The monoisotopic (exact) mass is 298 g/mol. The van der Waals surface area contributed by atoms with Gasteiger partial charge in [-0.2, -0.15) is 0 Å². The maximum Gasteiger partial charge on any atom is 0.247 e. The predicted octanol–water partition coefficient (Wildman–Crippen LogP) is 2.28. The van der Waals surface area contributed by atoms with Gasteiger partial charge in [0.05, 0.1) is 0 Å². The lowest BCUT2D eigenvalue weighted by atomic mass is 10.1. The Morgan fingerprint density at radius 3 is 2.59 bits per heavy atom. The van der Waals surface area contributed by atoms with Crippen molar-refractivity contribution in [3.8, 4) is 0 Å². The molecular formula is C18H22N2O2. The van der Waals surface area contributed by atoms with Crippen LogP contribution in [-0.4, -0.2) is 17.9 Å². The lowest BCUT2D eigenvalue weighted by Crippen LogP contribution is -2.46. The highest BCUT2D eigenvalue weighted by atomic mass is 16.2. The van der Waals surface area contributed by atoms with Crippen molar-refractivity contribution in [1.82, 2.24) is 5.32 Å². The molecule has 0 aliphatic rings. The Balaban J connectivity index is 2.68. The van der Waals surface area contributed by atoms with Crippen molar-refractivity contribution in [1.29, 1.82) is 0 Å². The van der Waals surface area contributed by atoms with Crippen LogP contribution in [0.5, 0.6) is 0 Å². The van der Waals surface area contributed by atoms with Gasteiger partial charge >= 0.3 is 0 Å². The van der Waals surface area contributed by atoms with Crippen molar-refractivity contribution in [2.45, 2.75) is 25.8 Å². The zero-order chi connectivity index (χ0) is 16.4. The molecule has 1 unspecified atom stereocenters. The van der Waals surface area contributed by atoms with Crippen molar-refractivity contribution in [2.24, 2.45) is 5.73 Å². The van der Waals surface area contributed by atoms with Crippen molar-refractivity contribution in [2.75, 3.05) is 0 Å². The van der Waals surface area contributed by atoms with E-state index in [0.29, 0.717) is 12.0 Å². The molecule has 0 aromatic heterocycles. The minimum absolute atomic E-state index is 0.303. The lowest BCUT2D eigenvalue weighted by molar-refractivity contribution is -0.125. The van der Waals surface area contributed by atoms with Crippen molar-refractivity contribution >= 4 is 11.8 Å². The molecule has 0 heterocycles. The number of allylic oxidation sites excluding steroid dienone is 4. The van der Waals surface area contributed by atoms with Crippen LogP contribution in [0.1, 0.15) is 18.9 Å². The first-order valence-corrected chi connectivity index (χ1v) is 7.13. The number of amides is 2. The third-order valence-electron chi connectivity index (χ3n) is 3.07. The SMILES string of the molecule is C=CC/C=C\C=C(/C)C(=O)NC(Cc1ccccc1)C(N)=O. The number of rotatable bonds is 8.